The van der Waals surface area contributed by atoms with Crippen LogP contribution in [0.4, 0.5) is 17.1 Å². The molecule has 2 aromatic heterocycles. The zero-order valence-electron chi connectivity index (χ0n) is 29.9. The van der Waals surface area contributed by atoms with Crippen molar-refractivity contribution < 1.29 is 0 Å². The molecule has 0 aliphatic carbocycles. The Bertz CT molecular complexity index is 3140. The molecule has 3 heteroatoms. The van der Waals surface area contributed by atoms with Gasteiger partial charge >= 0.3 is 0 Å². The molecule has 55 heavy (non-hydrogen) atoms. The average Bonchev–Trinajstić information content (AvgIpc) is 3.80. The summed E-state index contributed by atoms with van der Waals surface area (Å²) >= 11 is 1.85. The Morgan fingerprint density at radius 1 is 0.345 bits per heavy atom. The summed E-state index contributed by atoms with van der Waals surface area (Å²) in [6.07, 6.45) is 0. The van der Waals surface area contributed by atoms with Gasteiger partial charge in [0.1, 0.15) is 0 Å². The SMILES string of the molecule is c1ccc(-c2ccc(N(c3ccc(-c4cc(-n5c6ccccc6c6ccccc65)cc5ccccc45)cc3)c3ccc4sc5ccccc5c4c3)cc2)cc1. The summed E-state index contributed by atoms with van der Waals surface area (Å²) in [7, 11) is 0. The molecule has 0 spiro atoms. The van der Waals surface area contributed by atoms with E-state index in [4.69, 9.17) is 0 Å². The Hall–Kier alpha value is -6.94. The van der Waals surface area contributed by atoms with Crippen molar-refractivity contribution in [2.45, 2.75) is 0 Å². The molecule has 0 saturated heterocycles. The van der Waals surface area contributed by atoms with Crippen LogP contribution >= 0.6 is 11.3 Å². The van der Waals surface area contributed by atoms with Gasteiger partial charge in [0.15, 0.2) is 0 Å². The van der Waals surface area contributed by atoms with E-state index < -0.39 is 0 Å². The van der Waals surface area contributed by atoms with Gasteiger partial charge in [0.05, 0.1) is 11.0 Å². The van der Waals surface area contributed by atoms with Crippen LogP contribution in [0.2, 0.25) is 0 Å². The lowest BCUT2D eigenvalue weighted by molar-refractivity contribution is 1.19. The molecule has 0 aliphatic heterocycles. The van der Waals surface area contributed by atoms with Gasteiger partial charge in [-0.05, 0) is 106 Å². The van der Waals surface area contributed by atoms with Gasteiger partial charge in [-0.2, -0.15) is 0 Å². The van der Waals surface area contributed by atoms with Gasteiger partial charge in [-0.3, -0.25) is 0 Å². The summed E-state index contributed by atoms with van der Waals surface area (Å²) in [4.78, 5) is 2.39. The summed E-state index contributed by atoms with van der Waals surface area (Å²) in [6, 6.07) is 75.2. The second kappa shape index (κ2) is 12.9. The van der Waals surface area contributed by atoms with Crippen LogP contribution in [0.15, 0.2) is 206 Å². The van der Waals surface area contributed by atoms with Gasteiger partial charge in [0.25, 0.3) is 0 Å². The minimum Gasteiger partial charge on any atom is -0.310 e. The van der Waals surface area contributed by atoms with Crippen LogP contribution in [0.25, 0.3) is 80.7 Å². The number of para-hydroxylation sites is 2. The minimum absolute atomic E-state index is 1.11. The number of benzene rings is 9. The van der Waals surface area contributed by atoms with Gasteiger partial charge in [0.2, 0.25) is 0 Å². The lowest BCUT2D eigenvalue weighted by Crippen LogP contribution is -2.09. The molecule has 11 rings (SSSR count). The fraction of sp³-hybridized carbons (Fsp3) is 0. The van der Waals surface area contributed by atoms with Crippen LogP contribution in [0.1, 0.15) is 0 Å². The Balaban J connectivity index is 1.06. The maximum Gasteiger partial charge on any atom is 0.0541 e. The molecule has 0 aliphatic rings. The van der Waals surface area contributed by atoms with Crippen molar-refractivity contribution in [2.24, 2.45) is 0 Å². The zero-order valence-corrected chi connectivity index (χ0v) is 30.7. The molecule has 0 saturated carbocycles. The lowest BCUT2D eigenvalue weighted by atomic mass is 9.96. The Morgan fingerprint density at radius 2 is 0.873 bits per heavy atom. The van der Waals surface area contributed by atoms with Crippen molar-refractivity contribution in [3.8, 4) is 27.9 Å². The predicted molar refractivity (Wildman–Crippen MR) is 237 cm³/mol. The molecule has 0 atom stereocenters. The van der Waals surface area contributed by atoms with Gasteiger partial charge in [-0.25, -0.2) is 0 Å². The highest BCUT2D eigenvalue weighted by Gasteiger charge is 2.18. The topological polar surface area (TPSA) is 8.17 Å². The summed E-state index contributed by atoms with van der Waals surface area (Å²) < 4.78 is 5.03. The van der Waals surface area contributed by atoms with Crippen LogP contribution in [-0.4, -0.2) is 4.57 Å². The number of hydrogen-bond donors (Lipinski definition) is 0. The number of nitrogens with zero attached hydrogens (tertiary/aromatic N) is 2. The van der Waals surface area contributed by atoms with E-state index in [2.05, 4.69) is 216 Å². The molecule has 11 aromatic rings. The number of rotatable bonds is 6. The molecule has 258 valence electrons. The van der Waals surface area contributed by atoms with E-state index in [1.54, 1.807) is 0 Å². The third kappa shape index (κ3) is 5.32. The largest absolute Gasteiger partial charge is 0.310 e. The second-order valence-corrected chi connectivity index (χ2v) is 15.2. The number of anilines is 3. The standard InChI is InChI=1S/C52H34N2S/c1-2-12-35(13-3-1)36-22-26-39(27-23-36)53(41-30-31-52-48(33-41)46-18-8-11-21-51(46)55-52)40-28-24-37(25-29-40)47-34-42(32-38-14-4-5-15-43(38)47)54-49-19-9-6-16-44(49)45-17-7-10-20-50(45)54/h1-34H. The first-order chi connectivity index (χ1) is 27.3. The molecule has 2 nitrogen and oxygen atoms in total. The van der Waals surface area contributed by atoms with Crippen LogP contribution in [-0.2, 0) is 0 Å². The molecule has 0 amide bonds. The third-order valence-electron chi connectivity index (χ3n) is 11.0. The number of aromatic nitrogens is 1. The summed E-state index contributed by atoms with van der Waals surface area (Å²) in [5, 5.41) is 7.58. The van der Waals surface area contributed by atoms with Crippen molar-refractivity contribution >= 4 is 81.1 Å². The molecular formula is C52H34N2S. The Labute approximate surface area is 323 Å². The monoisotopic (exact) mass is 718 g/mol. The predicted octanol–water partition coefficient (Wildman–Crippen LogP) is 15.1. The van der Waals surface area contributed by atoms with Crippen LogP contribution in [0.5, 0.6) is 0 Å². The van der Waals surface area contributed by atoms with Crippen LogP contribution < -0.4 is 4.90 Å². The highest BCUT2D eigenvalue weighted by atomic mass is 32.1. The summed E-state index contributed by atoms with van der Waals surface area (Å²) in [5.41, 5.74) is 11.8. The van der Waals surface area contributed by atoms with Gasteiger partial charge in [-0.15, -0.1) is 11.3 Å². The Morgan fingerprint density at radius 3 is 1.58 bits per heavy atom. The van der Waals surface area contributed by atoms with E-state index in [0.29, 0.717) is 0 Å². The zero-order chi connectivity index (χ0) is 36.3. The number of thiophene rings is 1. The number of fused-ring (bicyclic) bond motifs is 7. The van der Waals surface area contributed by atoms with E-state index in [0.717, 1.165) is 22.7 Å². The molecular weight excluding hydrogens is 685 g/mol. The molecule has 0 bridgehead atoms. The van der Waals surface area contributed by atoms with Crippen molar-refractivity contribution in [3.05, 3.63) is 206 Å². The molecule has 0 fully saturated rings. The fourth-order valence-electron chi connectivity index (χ4n) is 8.39. The van der Waals surface area contributed by atoms with Crippen molar-refractivity contribution in [1.29, 1.82) is 0 Å². The minimum atomic E-state index is 1.11. The lowest BCUT2D eigenvalue weighted by Gasteiger charge is -2.26. The highest BCUT2D eigenvalue weighted by Crippen LogP contribution is 2.42. The van der Waals surface area contributed by atoms with Crippen LogP contribution in [0.3, 0.4) is 0 Å². The smallest absolute Gasteiger partial charge is 0.0541 e. The molecule has 2 heterocycles. The number of hydrogen-bond acceptors (Lipinski definition) is 2. The van der Waals surface area contributed by atoms with Crippen molar-refractivity contribution in [1.82, 2.24) is 4.57 Å². The van der Waals surface area contributed by atoms with E-state index >= 15 is 0 Å². The quantitative estimate of drug-likeness (QED) is 0.166. The third-order valence-corrected chi connectivity index (χ3v) is 12.1. The van der Waals surface area contributed by atoms with E-state index in [-0.39, 0.29) is 0 Å². The van der Waals surface area contributed by atoms with Gasteiger partial charge < -0.3 is 9.47 Å². The molecule has 9 aromatic carbocycles. The van der Waals surface area contributed by atoms with Crippen molar-refractivity contribution in [2.75, 3.05) is 4.90 Å². The van der Waals surface area contributed by atoms with Gasteiger partial charge in [0, 0.05) is 53.7 Å². The van der Waals surface area contributed by atoms with E-state index in [1.807, 2.05) is 11.3 Å². The Kier molecular flexibility index (Phi) is 7.39. The van der Waals surface area contributed by atoms with Gasteiger partial charge in [-0.1, -0.05) is 133 Å². The summed E-state index contributed by atoms with van der Waals surface area (Å²) in [5.74, 6) is 0. The van der Waals surface area contributed by atoms with E-state index in [1.165, 1.54) is 75.0 Å². The van der Waals surface area contributed by atoms with E-state index in [9.17, 15) is 0 Å². The first-order valence-corrected chi connectivity index (χ1v) is 19.6. The fourth-order valence-corrected chi connectivity index (χ4v) is 9.47. The first-order valence-electron chi connectivity index (χ1n) is 18.8. The maximum absolute atomic E-state index is 2.42. The van der Waals surface area contributed by atoms with Crippen molar-refractivity contribution in [3.63, 3.8) is 0 Å². The van der Waals surface area contributed by atoms with Crippen LogP contribution in [0, 0.1) is 0 Å². The average molecular weight is 719 g/mol. The maximum atomic E-state index is 2.42. The first kappa shape index (κ1) is 31.6. The molecule has 0 radical (unpaired) electrons. The molecule has 0 unspecified atom stereocenters. The second-order valence-electron chi connectivity index (χ2n) is 14.2. The summed E-state index contributed by atoms with van der Waals surface area (Å²) in [6.45, 7) is 0. The molecule has 0 N–H and O–H groups in total. The highest BCUT2D eigenvalue weighted by molar-refractivity contribution is 7.25. The normalized spacial score (nSPS) is 11.6.